The third-order valence-electron chi connectivity index (χ3n) is 4.60. The summed E-state index contributed by atoms with van der Waals surface area (Å²) in [5, 5.41) is 0. The van der Waals surface area contributed by atoms with Gasteiger partial charge in [0.2, 0.25) is 0 Å². The Labute approximate surface area is 134 Å². The lowest BCUT2D eigenvalue weighted by atomic mass is 9.99. The maximum atomic E-state index is 2.33. The quantitative estimate of drug-likeness (QED) is 0.638. The van der Waals surface area contributed by atoms with Crippen molar-refractivity contribution in [2.75, 3.05) is 11.9 Å². The van der Waals surface area contributed by atoms with Gasteiger partial charge in [-0.15, -0.1) is 0 Å². The van der Waals surface area contributed by atoms with Gasteiger partial charge < -0.3 is 4.90 Å². The summed E-state index contributed by atoms with van der Waals surface area (Å²) in [7, 11) is 2.17. The Morgan fingerprint density at radius 2 is 1.27 bits per heavy atom. The molecule has 1 heteroatoms. The second kappa shape index (κ2) is 5.64. The van der Waals surface area contributed by atoms with Gasteiger partial charge in [-0.1, -0.05) is 58.0 Å². The maximum absolute atomic E-state index is 2.33. The van der Waals surface area contributed by atoms with Gasteiger partial charge in [-0.25, -0.2) is 0 Å². The van der Waals surface area contributed by atoms with E-state index in [1.54, 1.807) is 0 Å². The van der Waals surface area contributed by atoms with E-state index in [1.807, 2.05) is 0 Å². The van der Waals surface area contributed by atoms with E-state index in [4.69, 9.17) is 0 Å². The highest BCUT2D eigenvalue weighted by Crippen LogP contribution is 2.37. The number of fused-ring (bicyclic) bond motifs is 2. The fourth-order valence-corrected chi connectivity index (χ4v) is 3.03. The van der Waals surface area contributed by atoms with Gasteiger partial charge in [-0.05, 0) is 52.3 Å². The minimum absolute atomic E-state index is 0.550. The number of hydrogen-bond acceptors (Lipinski definition) is 1. The molecule has 0 spiro atoms. The normalized spacial score (nSPS) is 13.3. The van der Waals surface area contributed by atoms with Crippen molar-refractivity contribution >= 4 is 23.5 Å². The molecular weight excluding hydrogens is 266 g/mol. The minimum atomic E-state index is 0.550. The second-order valence-electron chi connectivity index (χ2n) is 6.84. The molecule has 22 heavy (non-hydrogen) atoms. The lowest BCUT2D eigenvalue weighted by Crippen LogP contribution is -2.12. The Kier molecular flexibility index (Phi) is 3.82. The molecule has 0 aromatic heterocycles. The van der Waals surface area contributed by atoms with Crippen molar-refractivity contribution in [1.29, 1.82) is 0 Å². The van der Waals surface area contributed by atoms with Crippen molar-refractivity contribution in [2.45, 2.75) is 39.5 Å². The third-order valence-corrected chi connectivity index (χ3v) is 4.60. The summed E-state index contributed by atoms with van der Waals surface area (Å²) in [6, 6.07) is 13.7. The highest BCUT2D eigenvalue weighted by molar-refractivity contribution is 5.89. The van der Waals surface area contributed by atoms with E-state index in [9.17, 15) is 0 Å². The molecule has 0 amide bonds. The fraction of sp³-hybridized carbons (Fsp3) is 0.333. The van der Waals surface area contributed by atoms with E-state index >= 15 is 0 Å². The molecule has 0 aliphatic carbocycles. The summed E-state index contributed by atoms with van der Waals surface area (Å²) in [6.07, 6.45) is 4.49. The van der Waals surface area contributed by atoms with Gasteiger partial charge in [0.25, 0.3) is 0 Å². The van der Waals surface area contributed by atoms with Crippen molar-refractivity contribution in [3.8, 4) is 0 Å². The Hall–Kier alpha value is -2.02. The lowest BCUT2D eigenvalue weighted by molar-refractivity contribution is 0.864. The van der Waals surface area contributed by atoms with E-state index in [1.165, 1.54) is 33.6 Å². The molecule has 2 aromatic carbocycles. The van der Waals surface area contributed by atoms with Crippen molar-refractivity contribution in [2.24, 2.45) is 0 Å². The van der Waals surface area contributed by atoms with Crippen LogP contribution in [0.25, 0.3) is 12.2 Å². The average Bonchev–Trinajstić information content (AvgIpc) is 2.64. The number of hydrogen-bond donors (Lipinski definition) is 0. The molecule has 2 aromatic rings. The molecule has 0 radical (unpaired) electrons. The van der Waals surface area contributed by atoms with Gasteiger partial charge >= 0.3 is 0 Å². The van der Waals surface area contributed by atoms with Crippen LogP contribution in [0.15, 0.2) is 36.4 Å². The molecule has 1 nitrogen and oxygen atoms in total. The molecule has 1 heterocycles. The predicted octanol–water partition coefficient (Wildman–Crippen LogP) is 6.19. The van der Waals surface area contributed by atoms with Gasteiger partial charge in [-0.3, -0.25) is 0 Å². The molecule has 1 aliphatic rings. The summed E-state index contributed by atoms with van der Waals surface area (Å²) in [5.74, 6) is 1.11. The number of rotatable bonds is 2. The molecule has 0 fully saturated rings. The van der Waals surface area contributed by atoms with Crippen LogP contribution in [0.1, 0.15) is 61.8 Å². The molecular formula is C21H25N. The van der Waals surface area contributed by atoms with Crippen LogP contribution in [-0.4, -0.2) is 7.05 Å². The van der Waals surface area contributed by atoms with Gasteiger partial charge in [0.1, 0.15) is 0 Å². The number of nitrogens with zero attached hydrogens (tertiary/aromatic N) is 1. The van der Waals surface area contributed by atoms with Crippen molar-refractivity contribution in [1.82, 2.24) is 0 Å². The third kappa shape index (κ3) is 2.56. The first-order valence-electron chi connectivity index (χ1n) is 8.17. The van der Waals surface area contributed by atoms with Gasteiger partial charge in [0.15, 0.2) is 0 Å². The largest absolute Gasteiger partial charge is 0.344 e. The van der Waals surface area contributed by atoms with Crippen LogP contribution in [0.4, 0.5) is 11.4 Å². The smallest absolute Gasteiger partial charge is 0.0484 e. The monoisotopic (exact) mass is 291 g/mol. The zero-order valence-electron chi connectivity index (χ0n) is 14.2. The molecule has 114 valence electrons. The molecule has 0 unspecified atom stereocenters. The average molecular weight is 291 g/mol. The molecule has 0 bridgehead atoms. The topological polar surface area (TPSA) is 3.24 Å². The van der Waals surface area contributed by atoms with Crippen LogP contribution >= 0.6 is 0 Å². The Balaban J connectivity index is 2.12. The first-order valence-corrected chi connectivity index (χ1v) is 8.17. The summed E-state index contributed by atoms with van der Waals surface area (Å²) in [6.45, 7) is 8.99. The molecule has 0 N–H and O–H groups in total. The summed E-state index contributed by atoms with van der Waals surface area (Å²) in [4.78, 5) is 2.32. The predicted molar refractivity (Wildman–Crippen MR) is 98.1 cm³/mol. The zero-order chi connectivity index (χ0) is 15.9. The molecule has 3 rings (SSSR count). The van der Waals surface area contributed by atoms with Crippen molar-refractivity contribution in [3.05, 3.63) is 58.7 Å². The van der Waals surface area contributed by atoms with Gasteiger partial charge in [0, 0.05) is 18.4 Å². The molecule has 1 aliphatic heterocycles. The van der Waals surface area contributed by atoms with Crippen molar-refractivity contribution < 1.29 is 0 Å². The van der Waals surface area contributed by atoms with E-state index in [0.717, 1.165) is 0 Å². The van der Waals surface area contributed by atoms with Gasteiger partial charge in [-0.2, -0.15) is 0 Å². The maximum Gasteiger partial charge on any atom is 0.0484 e. The van der Waals surface area contributed by atoms with Crippen LogP contribution in [0.3, 0.4) is 0 Å². The first-order chi connectivity index (χ1) is 10.5. The van der Waals surface area contributed by atoms with Gasteiger partial charge in [0.05, 0.1) is 0 Å². The Morgan fingerprint density at radius 3 is 1.95 bits per heavy atom. The Bertz CT molecular complexity index is 723. The highest BCUT2D eigenvalue weighted by Gasteiger charge is 2.16. The van der Waals surface area contributed by atoms with Crippen LogP contribution in [0.2, 0.25) is 0 Å². The van der Waals surface area contributed by atoms with E-state index in [-0.39, 0.29) is 0 Å². The van der Waals surface area contributed by atoms with Crippen LogP contribution in [0.5, 0.6) is 0 Å². The van der Waals surface area contributed by atoms with Crippen LogP contribution in [0, 0.1) is 0 Å². The lowest BCUT2D eigenvalue weighted by Gasteiger charge is -2.24. The minimum Gasteiger partial charge on any atom is -0.344 e. The van der Waals surface area contributed by atoms with Crippen molar-refractivity contribution in [3.63, 3.8) is 0 Å². The number of benzene rings is 2. The SMILES string of the molecule is CC(C)c1ccc2c(c1)C=Cc1ccc(C(C)C)cc1N2C. The standard InChI is InChI=1S/C21H25N/c1-14(2)17-10-11-20-19(12-17)9-7-16-6-8-18(15(3)4)13-21(16)22(20)5/h6-15H,1-5H3. The van der Waals surface area contributed by atoms with Crippen LogP contribution in [-0.2, 0) is 0 Å². The second-order valence-corrected chi connectivity index (χ2v) is 6.84. The highest BCUT2D eigenvalue weighted by atomic mass is 15.1. The molecule has 0 saturated heterocycles. The first kappa shape index (κ1) is 14.9. The Morgan fingerprint density at radius 1 is 0.682 bits per heavy atom. The van der Waals surface area contributed by atoms with E-state index < -0.39 is 0 Å². The molecule has 0 atom stereocenters. The summed E-state index contributed by atoms with van der Waals surface area (Å²) < 4.78 is 0. The summed E-state index contributed by atoms with van der Waals surface area (Å²) >= 11 is 0. The van der Waals surface area contributed by atoms with E-state index in [0.29, 0.717) is 11.8 Å². The van der Waals surface area contributed by atoms with E-state index in [2.05, 4.69) is 88.2 Å². The fourth-order valence-electron chi connectivity index (χ4n) is 3.03. The molecule has 0 saturated carbocycles. The summed E-state index contributed by atoms with van der Waals surface area (Å²) in [5.41, 5.74) is 7.94. The number of anilines is 2. The van der Waals surface area contributed by atoms with Crippen LogP contribution < -0.4 is 4.90 Å². The zero-order valence-corrected chi connectivity index (χ0v) is 14.2.